The lowest BCUT2D eigenvalue weighted by Gasteiger charge is -2.11. The summed E-state index contributed by atoms with van der Waals surface area (Å²) in [6.07, 6.45) is 3.44. The van der Waals surface area contributed by atoms with Gasteiger partial charge in [-0.3, -0.25) is 4.98 Å². The van der Waals surface area contributed by atoms with Crippen LogP contribution in [-0.4, -0.2) is 4.98 Å². The number of rotatable bonds is 2. The van der Waals surface area contributed by atoms with Crippen LogP contribution in [0.4, 0.5) is 21.5 Å². The minimum atomic E-state index is -0.312. The highest BCUT2D eigenvalue weighted by Crippen LogP contribution is 2.30. The second-order valence-electron chi connectivity index (χ2n) is 4.38. The van der Waals surface area contributed by atoms with Gasteiger partial charge in [0.2, 0.25) is 0 Å². The maximum absolute atomic E-state index is 13.5. The molecule has 5 heteroatoms. The maximum atomic E-state index is 13.5. The molecule has 100 valence electrons. The molecule has 0 aliphatic heterocycles. The van der Waals surface area contributed by atoms with Gasteiger partial charge in [-0.15, -0.1) is 0 Å². The summed E-state index contributed by atoms with van der Waals surface area (Å²) in [6, 6.07) is 10.4. The number of nitrogen functional groups attached to an aromatic ring is 1. The normalized spacial score (nSPS) is 10.7. The van der Waals surface area contributed by atoms with Crippen molar-refractivity contribution in [2.45, 2.75) is 0 Å². The van der Waals surface area contributed by atoms with Crippen LogP contribution in [0.15, 0.2) is 53.3 Å². The lowest BCUT2D eigenvalue weighted by atomic mass is 10.1. The van der Waals surface area contributed by atoms with Gasteiger partial charge in [0.1, 0.15) is 5.82 Å². The SMILES string of the molecule is Nc1ccc(Nc2ccc(Br)c(F)c2)c2cnccc12. The minimum absolute atomic E-state index is 0.312. The smallest absolute Gasteiger partial charge is 0.139 e. The lowest BCUT2D eigenvalue weighted by molar-refractivity contribution is 0.622. The fourth-order valence-electron chi connectivity index (χ4n) is 2.05. The number of anilines is 3. The van der Waals surface area contributed by atoms with E-state index < -0.39 is 0 Å². The topological polar surface area (TPSA) is 50.9 Å². The summed E-state index contributed by atoms with van der Waals surface area (Å²) in [5.41, 5.74) is 8.13. The first-order valence-corrected chi connectivity index (χ1v) is 6.79. The molecule has 1 heterocycles. The van der Waals surface area contributed by atoms with E-state index in [0.717, 1.165) is 16.5 Å². The molecule has 0 aliphatic rings. The summed E-state index contributed by atoms with van der Waals surface area (Å²) in [4.78, 5) is 4.11. The van der Waals surface area contributed by atoms with E-state index in [9.17, 15) is 4.39 Å². The highest BCUT2D eigenvalue weighted by molar-refractivity contribution is 9.10. The van der Waals surface area contributed by atoms with Gasteiger partial charge in [0.05, 0.1) is 4.47 Å². The molecule has 0 radical (unpaired) electrons. The van der Waals surface area contributed by atoms with Crippen molar-refractivity contribution in [3.05, 3.63) is 59.1 Å². The number of hydrogen-bond donors (Lipinski definition) is 2. The summed E-state index contributed by atoms with van der Waals surface area (Å²) in [7, 11) is 0. The van der Waals surface area contributed by atoms with E-state index in [2.05, 4.69) is 26.2 Å². The first kappa shape index (κ1) is 12.9. The summed E-state index contributed by atoms with van der Waals surface area (Å²) in [5, 5.41) is 5.00. The summed E-state index contributed by atoms with van der Waals surface area (Å²) in [6.45, 7) is 0. The molecule has 0 bridgehead atoms. The van der Waals surface area contributed by atoms with Crippen molar-refractivity contribution in [2.24, 2.45) is 0 Å². The summed E-state index contributed by atoms with van der Waals surface area (Å²) in [5.74, 6) is -0.312. The molecular formula is C15H11BrFN3. The Morgan fingerprint density at radius 1 is 1.10 bits per heavy atom. The fourth-order valence-corrected chi connectivity index (χ4v) is 2.30. The Morgan fingerprint density at radius 3 is 2.75 bits per heavy atom. The predicted molar refractivity (Wildman–Crippen MR) is 83.5 cm³/mol. The number of nitrogens with one attached hydrogen (secondary N) is 1. The van der Waals surface area contributed by atoms with E-state index in [4.69, 9.17) is 5.73 Å². The van der Waals surface area contributed by atoms with Crippen LogP contribution in [0.3, 0.4) is 0 Å². The number of fused-ring (bicyclic) bond motifs is 1. The third-order valence-electron chi connectivity index (χ3n) is 3.05. The molecule has 1 aromatic heterocycles. The van der Waals surface area contributed by atoms with E-state index in [1.807, 2.05) is 18.2 Å². The average molecular weight is 332 g/mol. The third kappa shape index (κ3) is 2.32. The van der Waals surface area contributed by atoms with Gasteiger partial charge in [-0.1, -0.05) is 0 Å². The van der Waals surface area contributed by atoms with E-state index >= 15 is 0 Å². The Hall–Kier alpha value is -2.14. The Labute approximate surface area is 123 Å². The molecule has 3 nitrogen and oxygen atoms in total. The lowest BCUT2D eigenvalue weighted by Crippen LogP contribution is -1.95. The van der Waals surface area contributed by atoms with Gasteiger partial charge in [-0.05, 0) is 52.3 Å². The summed E-state index contributed by atoms with van der Waals surface area (Å²) < 4.78 is 14.0. The Morgan fingerprint density at radius 2 is 1.95 bits per heavy atom. The molecular weight excluding hydrogens is 321 g/mol. The van der Waals surface area contributed by atoms with Gasteiger partial charge in [0.25, 0.3) is 0 Å². The molecule has 0 spiro atoms. The molecule has 0 amide bonds. The second kappa shape index (κ2) is 5.09. The van der Waals surface area contributed by atoms with Crippen LogP contribution < -0.4 is 11.1 Å². The van der Waals surface area contributed by atoms with Gasteiger partial charge in [-0.25, -0.2) is 4.39 Å². The predicted octanol–water partition coefficient (Wildman–Crippen LogP) is 4.46. The first-order valence-electron chi connectivity index (χ1n) is 5.99. The van der Waals surface area contributed by atoms with Crippen molar-refractivity contribution in [3.63, 3.8) is 0 Å². The highest BCUT2D eigenvalue weighted by atomic mass is 79.9. The van der Waals surface area contributed by atoms with Crippen molar-refractivity contribution in [1.29, 1.82) is 0 Å². The number of hydrogen-bond acceptors (Lipinski definition) is 3. The molecule has 20 heavy (non-hydrogen) atoms. The van der Waals surface area contributed by atoms with Crippen molar-refractivity contribution in [2.75, 3.05) is 11.1 Å². The van der Waals surface area contributed by atoms with E-state index in [-0.39, 0.29) is 5.82 Å². The largest absolute Gasteiger partial charge is 0.398 e. The van der Waals surface area contributed by atoms with E-state index in [0.29, 0.717) is 15.8 Å². The molecule has 0 unspecified atom stereocenters. The van der Waals surface area contributed by atoms with Crippen LogP contribution in [0, 0.1) is 5.82 Å². The molecule has 3 rings (SSSR count). The molecule has 0 atom stereocenters. The molecule has 0 saturated heterocycles. The Kier molecular flexibility index (Phi) is 3.28. The van der Waals surface area contributed by atoms with Crippen molar-refractivity contribution in [1.82, 2.24) is 4.98 Å². The van der Waals surface area contributed by atoms with Gasteiger partial charge >= 0.3 is 0 Å². The Bertz CT molecular complexity index is 789. The zero-order valence-electron chi connectivity index (χ0n) is 10.4. The number of benzene rings is 2. The molecule has 0 fully saturated rings. The fraction of sp³-hybridized carbons (Fsp3) is 0. The number of nitrogens with zero attached hydrogens (tertiary/aromatic N) is 1. The van der Waals surface area contributed by atoms with Gasteiger partial charge < -0.3 is 11.1 Å². The zero-order chi connectivity index (χ0) is 14.1. The van der Waals surface area contributed by atoms with Crippen LogP contribution in [0.25, 0.3) is 10.8 Å². The monoisotopic (exact) mass is 331 g/mol. The van der Waals surface area contributed by atoms with Crippen LogP contribution in [0.1, 0.15) is 0 Å². The van der Waals surface area contributed by atoms with Crippen LogP contribution in [0.5, 0.6) is 0 Å². The maximum Gasteiger partial charge on any atom is 0.139 e. The van der Waals surface area contributed by atoms with E-state index in [1.54, 1.807) is 24.5 Å². The quantitative estimate of drug-likeness (QED) is 0.681. The highest BCUT2D eigenvalue weighted by Gasteiger charge is 2.06. The number of halogens is 2. The van der Waals surface area contributed by atoms with Gasteiger partial charge in [0, 0.05) is 40.2 Å². The first-order chi connectivity index (χ1) is 9.65. The zero-order valence-corrected chi connectivity index (χ0v) is 12.0. The van der Waals surface area contributed by atoms with Crippen molar-refractivity contribution in [3.8, 4) is 0 Å². The van der Waals surface area contributed by atoms with Crippen LogP contribution in [0.2, 0.25) is 0 Å². The number of aromatic nitrogens is 1. The summed E-state index contributed by atoms with van der Waals surface area (Å²) >= 11 is 3.13. The van der Waals surface area contributed by atoms with E-state index in [1.165, 1.54) is 6.07 Å². The standard InChI is InChI=1S/C15H11BrFN3/c16-12-2-1-9(7-13(12)17)20-15-4-3-14(18)10-5-6-19-8-11(10)15/h1-8,20H,18H2. The van der Waals surface area contributed by atoms with Crippen molar-refractivity contribution >= 4 is 43.8 Å². The molecule has 0 saturated carbocycles. The second-order valence-corrected chi connectivity index (χ2v) is 5.23. The third-order valence-corrected chi connectivity index (χ3v) is 3.69. The number of pyridine rings is 1. The molecule has 3 aromatic rings. The van der Waals surface area contributed by atoms with Crippen LogP contribution >= 0.6 is 15.9 Å². The minimum Gasteiger partial charge on any atom is -0.398 e. The van der Waals surface area contributed by atoms with Gasteiger partial charge in [-0.2, -0.15) is 0 Å². The van der Waals surface area contributed by atoms with Crippen molar-refractivity contribution < 1.29 is 4.39 Å². The van der Waals surface area contributed by atoms with Gasteiger partial charge in [0.15, 0.2) is 0 Å². The molecule has 2 aromatic carbocycles. The number of nitrogens with two attached hydrogens (primary N) is 1. The molecule has 0 aliphatic carbocycles. The molecule has 3 N–H and O–H groups in total. The Balaban J connectivity index is 2.06. The van der Waals surface area contributed by atoms with Crippen LogP contribution in [-0.2, 0) is 0 Å². The average Bonchev–Trinajstić information content (AvgIpc) is 2.46.